The predicted octanol–water partition coefficient (Wildman–Crippen LogP) is 6.50. The Hall–Kier alpha value is -2.16. The molecule has 0 aliphatic carbocycles. The van der Waals surface area contributed by atoms with E-state index in [-0.39, 0.29) is 11.8 Å². The average molecular weight is 356 g/mol. The number of carbonyl (C=O) groups excluding carboxylic acids is 1. The van der Waals surface area contributed by atoms with Crippen LogP contribution in [-0.4, -0.2) is 12.6 Å². The van der Waals surface area contributed by atoms with Crippen LogP contribution < -0.4 is 0 Å². The standard InChI is InChI=1S/C23H29FO2/c1-3-4-5-6-7-11-16-26-23(25)18(2)20-14-15-21(22(24)17-20)19-12-9-8-10-13-19/h8-10,12-15,17-18H,3-7,11,16H2,1-2H3/t18-/m1/s1. The second-order valence-corrected chi connectivity index (χ2v) is 6.76. The summed E-state index contributed by atoms with van der Waals surface area (Å²) in [5, 5.41) is 0. The number of unbranched alkanes of at least 4 members (excludes halogenated alkanes) is 5. The first-order chi connectivity index (χ1) is 12.6. The van der Waals surface area contributed by atoms with Gasteiger partial charge >= 0.3 is 5.97 Å². The van der Waals surface area contributed by atoms with Crippen LogP contribution in [0.25, 0.3) is 11.1 Å². The van der Waals surface area contributed by atoms with Crippen LogP contribution in [0.4, 0.5) is 4.39 Å². The average Bonchev–Trinajstić information content (AvgIpc) is 2.67. The summed E-state index contributed by atoms with van der Waals surface area (Å²) < 4.78 is 19.8. The van der Waals surface area contributed by atoms with E-state index < -0.39 is 5.92 Å². The SMILES string of the molecule is CCCCCCCCOC(=O)[C@H](C)c1ccc(-c2ccccc2)c(F)c1. The maximum atomic E-state index is 14.5. The number of halogens is 1. The zero-order valence-electron chi connectivity index (χ0n) is 15.8. The van der Waals surface area contributed by atoms with Gasteiger partial charge < -0.3 is 4.74 Å². The van der Waals surface area contributed by atoms with Gasteiger partial charge in [-0.25, -0.2) is 4.39 Å². The molecule has 0 fully saturated rings. The van der Waals surface area contributed by atoms with Gasteiger partial charge in [0.15, 0.2) is 0 Å². The van der Waals surface area contributed by atoms with E-state index in [4.69, 9.17) is 4.74 Å². The highest BCUT2D eigenvalue weighted by Crippen LogP contribution is 2.26. The molecule has 0 saturated carbocycles. The van der Waals surface area contributed by atoms with E-state index in [1.807, 2.05) is 36.4 Å². The zero-order valence-corrected chi connectivity index (χ0v) is 15.8. The van der Waals surface area contributed by atoms with E-state index >= 15 is 0 Å². The number of esters is 1. The molecule has 2 nitrogen and oxygen atoms in total. The second kappa shape index (κ2) is 10.7. The normalized spacial score (nSPS) is 12.0. The minimum Gasteiger partial charge on any atom is -0.465 e. The minimum absolute atomic E-state index is 0.287. The summed E-state index contributed by atoms with van der Waals surface area (Å²) in [5.41, 5.74) is 2.02. The number of hydrogen-bond acceptors (Lipinski definition) is 2. The molecule has 0 spiro atoms. The van der Waals surface area contributed by atoms with Crippen molar-refractivity contribution in [3.63, 3.8) is 0 Å². The van der Waals surface area contributed by atoms with Crippen LogP contribution >= 0.6 is 0 Å². The Morgan fingerprint density at radius 3 is 2.38 bits per heavy atom. The number of rotatable bonds is 10. The Kier molecular flexibility index (Phi) is 8.33. The Balaban J connectivity index is 1.86. The number of hydrogen-bond donors (Lipinski definition) is 0. The van der Waals surface area contributed by atoms with Gasteiger partial charge in [-0.3, -0.25) is 4.79 Å². The third-order valence-electron chi connectivity index (χ3n) is 4.67. The van der Waals surface area contributed by atoms with Gasteiger partial charge in [0.05, 0.1) is 12.5 Å². The molecule has 26 heavy (non-hydrogen) atoms. The van der Waals surface area contributed by atoms with Crippen molar-refractivity contribution in [2.45, 2.75) is 58.3 Å². The van der Waals surface area contributed by atoms with E-state index in [1.54, 1.807) is 13.0 Å². The zero-order chi connectivity index (χ0) is 18.8. The molecule has 0 unspecified atom stereocenters. The van der Waals surface area contributed by atoms with Gasteiger partial charge in [0.25, 0.3) is 0 Å². The summed E-state index contributed by atoms with van der Waals surface area (Å²) in [6.07, 6.45) is 6.90. The monoisotopic (exact) mass is 356 g/mol. The maximum absolute atomic E-state index is 14.5. The van der Waals surface area contributed by atoms with E-state index in [1.165, 1.54) is 31.7 Å². The topological polar surface area (TPSA) is 26.3 Å². The van der Waals surface area contributed by atoms with Crippen molar-refractivity contribution in [2.75, 3.05) is 6.61 Å². The van der Waals surface area contributed by atoms with E-state index in [9.17, 15) is 9.18 Å². The van der Waals surface area contributed by atoms with Gasteiger partial charge in [-0.1, -0.05) is 81.5 Å². The summed E-state index contributed by atoms with van der Waals surface area (Å²) in [5.74, 6) is -1.07. The molecule has 1 atom stereocenters. The molecule has 2 aromatic carbocycles. The molecular weight excluding hydrogens is 327 g/mol. The number of benzene rings is 2. The summed E-state index contributed by atoms with van der Waals surface area (Å²) in [4.78, 5) is 12.2. The second-order valence-electron chi connectivity index (χ2n) is 6.76. The molecular formula is C23H29FO2. The van der Waals surface area contributed by atoms with E-state index in [0.29, 0.717) is 17.7 Å². The lowest BCUT2D eigenvalue weighted by molar-refractivity contribution is -0.145. The van der Waals surface area contributed by atoms with Gasteiger partial charge in [-0.05, 0) is 30.5 Å². The number of ether oxygens (including phenoxy) is 1. The Morgan fingerprint density at radius 1 is 1.00 bits per heavy atom. The van der Waals surface area contributed by atoms with Crippen molar-refractivity contribution in [2.24, 2.45) is 0 Å². The lowest BCUT2D eigenvalue weighted by Crippen LogP contribution is -2.14. The summed E-state index contributed by atoms with van der Waals surface area (Å²) in [6, 6.07) is 14.4. The van der Waals surface area contributed by atoms with Crippen LogP contribution in [0.2, 0.25) is 0 Å². The van der Waals surface area contributed by atoms with Gasteiger partial charge in [0, 0.05) is 5.56 Å². The Labute approximate surface area is 156 Å². The molecule has 0 bridgehead atoms. The largest absolute Gasteiger partial charge is 0.465 e. The quantitative estimate of drug-likeness (QED) is 0.359. The third kappa shape index (κ3) is 5.98. The van der Waals surface area contributed by atoms with Crippen molar-refractivity contribution >= 4 is 5.97 Å². The highest BCUT2D eigenvalue weighted by molar-refractivity contribution is 5.78. The van der Waals surface area contributed by atoms with Gasteiger partial charge in [0.1, 0.15) is 5.82 Å². The Bertz CT molecular complexity index is 682. The maximum Gasteiger partial charge on any atom is 0.313 e. The molecule has 0 aromatic heterocycles. The summed E-state index contributed by atoms with van der Waals surface area (Å²) in [7, 11) is 0. The van der Waals surface area contributed by atoms with Crippen LogP contribution in [0.15, 0.2) is 48.5 Å². The molecule has 0 aliphatic heterocycles. The van der Waals surface area contributed by atoms with Gasteiger partial charge in [-0.2, -0.15) is 0 Å². The molecule has 0 aliphatic rings. The first kappa shape index (κ1) is 20.2. The van der Waals surface area contributed by atoms with Gasteiger partial charge in [-0.15, -0.1) is 0 Å². The van der Waals surface area contributed by atoms with Crippen molar-refractivity contribution in [1.82, 2.24) is 0 Å². The van der Waals surface area contributed by atoms with E-state index in [2.05, 4.69) is 6.92 Å². The van der Waals surface area contributed by atoms with Crippen molar-refractivity contribution in [1.29, 1.82) is 0 Å². The lowest BCUT2D eigenvalue weighted by atomic mass is 9.97. The van der Waals surface area contributed by atoms with E-state index in [0.717, 1.165) is 18.4 Å². The van der Waals surface area contributed by atoms with Crippen LogP contribution in [0.3, 0.4) is 0 Å². The fourth-order valence-corrected chi connectivity index (χ4v) is 2.97. The highest BCUT2D eigenvalue weighted by Gasteiger charge is 2.18. The highest BCUT2D eigenvalue weighted by atomic mass is 19.1. The third-order valence-corrected chi connectivity index (χ3v) is 4.67. The molecule has 0 radical (unpaired) electrons. The molecule has 2 rings (SSSR count). The first-order valence-corrected chi connectivity index (χ1v) is 9.65. The molecule has 0 amide bonds. The summed E-state index contributed by atoms with van der Waals surface area (Å²) >= 11 is 0. The fraction of sp³-hybridized carbons (Fsp3) is 0.435. The van der Waals surface area contributed by atoms with Crippen LogP contribution in [0, 0.1) is 5.82 Å². The lowest BCUT2D eigenvalue weighted by Gasteiger charge is -2.13. The summed E-state index contributed by atoms with van der Waals surface area (Å²) in [6.45, 7) is 4.40. The smallest absolute Gasteiger partial charge is 0.313 e. The van der Waals surface area contributed by atoms with Crippen LogP contribution in [-0.2, 0) is 9.53 Å². The Morgan fingerprint density at radius 2 is 1.69 bits per heavy atom. The molecule has 3 heteroatoms. The van der Waals surface area contributed by atoms with Crippen LogP contribution in [0.5, 0.6) is 0 Å². The molecule has 2 aromatic rings. The molecule has 0 heterocycles. The molecule has 0 N–H and O–H groups in total. The number of carbonyl (C=O) groups is 1. The van der Waals surface area contributed by atoms with Crippen LogP contribution in [0.1, 0.15) is 63.9 Å². The van der Waals surface area contributed by atoms with Gasteiger partial charge in [0.2, 0.25) is 0 Å². The minimum atomic E-state index is -0.464. The first-order valence-electron chi connectivity index (χ1n) is 9.65. The van der Waals surface area contributed by atoms with Crippen molar-refractivity contribution in [3.05, 3.63) is 59.9 Å². The van der Waals surface area contributed by atoms with Crippen molar-refractivity contribution < 1.29 is 13.9 Å². The molecule has 140 valence electrons. The fourth-order valence-electron chi connectivity index (χ4n) is 2.97. The van der Waals surface area contributed by atoms with Crippen molar-refractivity contribution in [3.8, 4) is 11.1 Å². The predicted molar refractivity (Wildman–Crippen MR) is 105 cm³/mol. The molecule has 0 saturated heterocycles.